The number of piperazine rings is 1. The maximum Gasteiger partial charge on any atom is 0.236 e. The zero-order valence-electron chi connectivity index (χ0n) is 17.9. The van der Waals surface area contributed by atoms with E-state index >= 15 is 0 Å². The van der Waals surface area contributed by atoms with Crippen LogP contribution in [0.3, 0.4) is 0 Å². The van der Waals surface area contributed by atoms with Crippen LogP contribution in [0.2, 0.25) is 0 Å². The molecule has 0 aliphatic carbocycles. The van der Waals surface area contributed by atoms with Gasteiger partial charge in [-0.2, -0.15) is 0 Å². The molecule has 2 aliphatic rings. The van der Waals surface area contributed by atoms with Crippen molar-refractivity contribution in [3.8, 4) is 0 Å². The first-order valence-electron chi connectivity index (χ1n) is 11.5. The number of carbonyl (C=O) groups excluding carboxylic acids is 2. The van der Waals surface area contributed by atoms with Crippen molar-refractivity contribution in [3.63, 3.8) is 0 Å². The van der Waals surface area contributed by atoms with Crippen LogP contribution in [0.4, 0.5) is 0 Å². The summed E-state index contributed by atoms with van der Waals surface area (Å²) in [5.74, 6) is 0.503. The molecule has 30 heavy (non-hydrogen) atoms. The molecule has 0 unspecified atom stereocenters. The lowest BCUT2D eigenvalue weighted by Crippen LogP contribution is -2.51. The van der Waals surface area contributed by atoms with Crippen molar-refractivity contribution in [1.29, 1.82) is 0 Å². The molecule has 4 rings (SSSR count). The van der Waals surface area contributed by atoms with E-state index in [9.17, 15) is 9.59 Å². The van der Waals surface area contributed by atoms with Crippen molar-refractivity contribution < 1.29 is 9.59 Å². The van der Waals surface area contributed by atoms with Crippen LogP contribution < -0.4 is 0 Å². The first-order valence-corrected chi connectivity index (χ1v) is 11.5. The minimum absolute atomic E-state index is 0.244. The van der Waals surface area contributed by atoms with E-state index < -0.39 is 0 Å². The normalized spacial score (nSPS) is 18.5. The van der Waals surface area contributed by atoms with Gasteiger partial charge in [-0.3, -0.25) is 14.5 Å². The highest BCUT2D eigenvalue weighted by Crippen LogP contribution is 2.20. The van der Waals surface area contributed by atoms with Crippen LogP contribution >= 0.6 is 0 Å². The molecule has 0 spiro atoms. The third-order valence-corrected chi connectivity index (χ3v) is 6.55. The van der Waals surface area contributed by atoms with Gasteiger partial charge in [0.05, 0.1) is 6.54 Å². The Labute approximate surface area is 179 Å². The predicted molar refractivity (Wildman–Crippen MR) is 119 cm³/mol. The summed E-state index contributed by atoms with van der Waals surface area (Å²) < 4.78 is 0. The molecule has 2 fully saturated rings. The number of hydrogen-bond donors (Lipinski definition) is 1. The molecule has 0 atom stereocenters. The first-order chi connectivity index (χ1) is 14.7. The highest BCUT2D eigenvalue weighted by molar-refractivity contribution is 5.83. The van der Waals surface area contributed by atoms with E-state index in [1.807, 2.05) is 15.9 Å². The number of aromatic nitrogens is 1. The Morgan fingerprint density at radius 1 is 0.833 bits per heavy atom. The van der Waals surface area contributed by atoms with Crippen molar-refractivity contribution in [2.24, 2.45) is 0 Å². The summed E-state index contributed by atoms with van der Waals surface area (Å²) in [6, 6.07) is 8.31. The van der Waals surface area contributed by atoms with Crippen molar-refractivity contribution in [2.75, 3.05) is 45.8 Å². The number of para-hydroxylation sites is 1. The lowest BCUT2D eigenvalue weighted by Gasteiger charge is -2.35. The molecule has 6 nitrogen and oxygen atoms in total. The molecule has 0 bridgehead atoms. The molecule has 2 aliphatic heterocycles. The van der Waals surface area contributed by atoms with Crippen molar-refractivity contribution in [2.45, 2.75) is 44.9 Å². The van der Waals surface area contributed by atoms with Gasteiger partial charge in [0.25, 0.3) is 0 Å². The van der Waals surface area contributed by atoms with Crippen molar-refractivity contribution >= 4 is 22.7 Å². The molecule has 162 valence electrons. The summed E-state index contributed by atoms with van der Waals surface area (Å²) in [6.07, 6.45) is 9.19. The molecule has 1 N–H and O–H groups in total. The molecule has 3 heterocycles. The standard InChI is InChI=1S/C24H34N4O2/c29-23(11-7-8-20-18-25-22-10-4-3-9-21(20)22)28-16-14-26(15-17-28)19-24(30)27-12-5-1-2-6-13-27/h3-4,9-10,18,25H,1-2,5-8,11-17,19H2. The van der Waals surface area contributed by atoms with Gasteiger partial charge >= 0.3 is 0 Å². The van der Waals surface area contributed by atoms with Crippen LogP contribution in [0.1, 0.15) is 44.1 Å². The third-order valence-electron chi connectivity index (χ3n) is 6.55. The number of benzene rings is 1. The molecule has 0 saturated carbocycles. The second-order valence-corrected chi connectivity index (χ2v) is 8.66. The summed E-state index contributed by atoms with van der Waals surface area (Å²) in [4.78, 5) is 34.7. The molecular formula is C24H34N4O2. The van der Waals surface area contributed by atoms with Crippen molar-refractivity contribution in [3.05, 3.63) is 36.0 Å². The number of rotatable bonds is 6. The van der Waals surface area contributed by atoms with E-state index in [4.69, 9.17) is 0 Å². The van der Waals surface area contributed by atoms with Gasteiger partial charge in [0.15, 0.2) is 0 Å². The number of H-pyrrole nitrogens is 1. The average molecular weight is 411 g/mol. The Kier molecular flexibility index (Phi) is 7.05. The number of fused-ring (bicyclic) bond motifs is 1. The topological polar surface area (TPSA) is 59.7 Å². The van der Waals surface area contributed by atoms with Gasteiger partial charge in [0.1, 0.15) is 0 Å². The number of aryl methyl sites for hydroxylation is 1. The highest BCUT2D eigenvalue weighted by Gasteiger charge is 2.24. The summed E-state index contributed by atoms with van der Waals surface area (Å²) in [5, 5.41) is 1.26. The minimum atomic E-state index is 0.244. The monoisotopic (exact) mass is 410 g/mol. The number of hydrogen-bond acceptors (Lipinski definition) is 3. The summed E-state index contributed by atoms with van der Waals surface area (Å²) in [7, 11) is 0. The number of aromatic amines is 1. The van der Waals surface area contributed by atoms with Crippen LogP contribution in [0.15, 0.2) is 30.5 Å². The van der Waals surface area contributed by atoms with Gasteiger partial charge in [-0.25, -0.2) is 0 Å². The van der Waals surface area contributed by atoms with E-state index in [0.29, 0.717) is 13.0 Å². The third kappa shape index (κ3) is 5.22. The van der Waals surface area contributed by atoms with Crippen LogP contribution in [-0.2, 0) is 16.0 Å². The van der Waals surface area contributed by atoms with Crippen LogP contribution in [-0.4, -0.2) is 77.3 Å². The van der Waals surface area contributed by atoms with E-state index in [2.05, 4.69) is 34.3 Å². The summed E-state index contributed by atoms with van der Waals surface area (Å²) in [5.41, 5.74) is 2.44. The molecule has 1 aromatic heterocycles. The summed E-state index contributed by atoms with van der Waals surface area (Å²) >= 11 is 0. The molecule has 6 heteroatoms. The number of nitrogens with zero attached hydrogens (tertiary/aromatic N) is 3. The Morgan fingerprint density at radius 2 is 1.53 bits per heavy atom. The van der Waals surface area contributed by atoms with E-state index in [0.717, 1.165) is 70.5 Å². The fourth-order valence-electron chi connectivity index (χ4n) is 4.69. The molecule has 0 radical (unpaired) electrons. The van der Waals surface area contributed by atoms with Gasteiger partial charge in [0.2, 0.25) is 11.8 Å². The predicted octanol–water partition coefficient (Wildman–Crippen LogP) is 3.04. The molecule has 2 aromatic rings. The fourth-order valence-corrected chi connectivity index (χ4v) is 4.69. The smallest absolute Gasteiger partial charge is 0.236 e. The van der Waals surface area contributed by atoms with Gasteiger partial charge < -0.3 is 14.8 Å². The maximum absolute atomic E-state index is 12.6. The van der Waals surface area contributed by atoms with E-state index in [1.165, 1.54) is 23.8 Å². The van der Waals surface area contributed by atoms with Gasteiger partial charge in [-0.1, -0.05) is 31.0 Å². The minimum Gasteiger partial charge on any atom is -0.361 e. The Morgan fingerprint density at radius 3 is 2.30 bits per heavy atom. The maximum atomic E-state index is 12.6. The Balaban J connectivity index is 1.17. The second kappa shape index (κ2) is 10.1. The van der Waals surface area contributed by atoms with Crippen LogP contribution in [0.25, 0.3) is 10.9 Å². The SMILES string of the molecule is O=C(CCCc1c[nH]c2ccccc12)N1CCN(CC(=O)N2CCCCCC2)CC1. The Hall–Kier alpha value is -2.34. The van der Waals surface area contributed by atoms with Gasteiger partial charge in [-0.15, -0.1) is 0 Å². The zero-order chi connectivity index (χ0) is 20.8. The van der Waals surface area contributed by atoms with E-state index in [-0.39, 0.29) is 11.8 Å². The molecular weight excluding hydrogens is 376 g/mol. The zero-order valence-corrected chi connectivity index (χ0v) is 17.9. The van der Waals surface area contributed by atoms with Gasteiger partial charge in [0, 0.05) is 62.8 Å². The number of likely N-dealkylation sites (tertiary alicyclic amines) is 1. The number of carbonyl (C=O) groups is 2. The quantitative estimate of drug-likeness (QED) is 0.796. The number of nitrogens with one attached hydrogen (secondary N) is 1. The highest BCUT2D eigenvalue weighted by atomic mass is 16.2. The summed E-state index contributed by atoms with van der Waals surface area (Å²) in [6.45, 7) is 5.39. The lowest BCUT2D eigenvalue weighted by molar-refractivity contribution is -0.135. The molecule has 2 saturated heterocycles. The number of amides is 2. The average Bonchev–Trinajstić information content (AvgIpc) is 2.98. The molecule has 1 aromatic carbocycles. The fraction of sp³-hybridized carbons (Fsp3) is 0.583. The second-order valence-electron chi connectivity index (χ2n) is 8.66. The largest absolute Gasteiger partial charge is 0.361 e. The van der Waals surface area contributed by atoms with Crippen LogP contribution in [0, 0.1) is 0 Å². The Bertz CT molecular complexity index is 846. The molecule has 2 amide bonds. The lowest BCUT2D eigenvalue weighted by atomic mass is 10.1. The van der Waals surface area contributed by atoms with Gasteiger partial charge in [-0.05, 0) is 37.3 Å². The van der Waals surface area contributed by atoms with Crippen molar-refractivity contribution in [1.82, 2.24) is 19.7 Å². The van der Waals surface area contributed by atoms with Crippen LogP contribution in [0.5, 0.6) is 0 Å². The first kappa shape index (κ1) is 20.9. The van der Waals surface area contributed by atoms with E-state index in [1.54, 1.807) is 0 Å².